The van der Waals surface area contributed by atoms with Crippen molar-refractivity contribution in [3.05, 3.63) is 16.1 Å². The van der Waals surface area contributed by atoms with Crippen LogP contribution in [0.5, 0.6) is 0 Å². The second-order valence-electron chi connectivity index (χ2n) is 4.27. The minimum atomic E-state index is -0.900. The second-order valence-corrected chi connectivity index (χ2v) is 5.54. The summed E-state index contributed by atoms with van der Waals surface area (Å²) in [6, 6.07) is -0.134. The van der Waals surface area contributed by atoms with Gasteiger partial charge in [-0.05, 0) is 13.8 Å². The quantitative estimate of drug-likeness (QED) is 0.886. The minimum Gasteiger partial charge on any atom is -0.481 e. The van der Waals surface area contributed by atoms with Crippen molar-refractivity contribution in [2.75, 3.05) is 6.54 Å². The van der Waals surface area contributed by atoms with E-state index in [1.54, 1.807) is 22.4 Å². The van der Waals surface area contributed by atoms with Gasteiger partial charge in [-0.25, -0.2) is 4.98 Å². The van der Waals surface area contributed by atoms with Crippen molar-refractivity contribution < 1.29 is 14.7 Å². The van der Waals surface area contributed by atoms with Crippen LogP contribution in [0.1, 0.15) is 29.3 Å². The molecule has 2 atom stereocenters. The molecule has 0 aliphatic carbocycles. The Hall–Kier alpha value is -1.43. The first-order valence-electron chi connectivity index (χ1n) is 5.43. The molecule has 0 aromatic carbocycles. The van der Waals surface area contributed by atoms with Crippen LogP contribution >= 0.6 is 11.3 Å². The van der Waals surface area contributed by atoms with Crippen molar-refractivity contribution >= 4 is 23.2 Å². The Balaban J connectivity index is 2.13. The van der Waals surface area contributed by atoms with Gasteiger partial charge in [0.15, 0.2) is 0 Å². The average Bonchev–Trinajstić information content (AvgIpc) is 2.84. The van der Waals surface area contributed by atoms with E-state index in [1.807, 2.05) is 13.8 Å². The molecule has 0 saturated carbocycles. The monoisotopic (exact) mass is 254 g/mol. The first-order chi connectivity index (χ1) is 7.99. The molecule has 2 rings (SSSR count). The van der Waals surface area contributed by atoms with Crippen molar-refractivity contribution in [1.82, 2.24) is 9.88 Å². The molecule has 5 nitrogen and oxygen atoms in total. The highest BCUT2D eigenvalue weighted by Gasteiger charge is 2.37. The van der Waals surface area contributed by atoms with Gasteiger partial charge in [-0.3, -0.25) is 9.59 Å². The summed E-state index contributed by atoms with van der Waals surface area (Å²) in [7, 11) is 0. The number of nitrogens with zero attached hydrogens (tertiary/aromatic N) is 2. The van der Waals surface area contributed by atoms with Crippen molar-refractivity contribution in [3.8, 4) is 0 Å². The molecule has 1 aliphatic rings. The van der Waals surface area contributed by atoms with Crippen LogP contribution in [-0.4, -0.2) is 33.4 Å². The number of aliphatic carboxylic acids is 1. The molecule has 1 fully saturated rings. The van der Waals surface area contributed by atoms with E-state index in [-0.39, 0.29) is 24.9 Å². The number of hydrogen-bond acceptors (Lipinski definition) is 4. The summed E-state index contributed by atoms with van der Waals surface area (Å²) in [5, 5.41) is 9.78. The van der Waals surface area contributed by atoms with E-state index in [1.165, 1.54) is 0 Å². The summed E-state index contributed by atoms with van der Waals surface area (Å²) in [4.78, 5) is 29.6. The van der Waals surface area contributed by atoms with Gasteiger partial charge in [-0.2, -0.15) is 0 Å². The number of carboxylic acid groups (broad SMARTS) is 1. The Labute approximate surface area is 103 Å². The average molecular weight is 254 g/mol. The predicted molar refractivity (Wildman–Crippen MR) is 62.7 cm³/mol. The van der Waals surface area contributed by atoms with Crippen LogP contribution in [0.15, 0.2) is 6.20 Å². The summed E-state index contributed by atoms with van der Waals surface area (Å²) in [6.45, 7) is 4.13. The zero-order chi connectivity index (χ0) is 12.6. The summed E-state index contributed by atoms with van der Waals surface area (Å²) in [5.41, 5.74) is 0. The van der Waals surface area contributed by atoms with Crippen LogP contribution in [0.2, 0.25) is 0 Å². The third-order valence-electron chi connectivity index (χ3n) is 2.97. The van der Waals surface area contributed by atoms with Crippen molar-refractivity contribution in [1.29, 1.82) is 0 Å². The molecule has 1 amide bonds. The van der Waals surface area contributed by atoms with Gasteiger partial charge in [0.05, 0.1) is 12.0 Å². The van der Waals surface area contributed by atoms with Gasteiger partial charge in [-0.15, -0.1) is 11.3 Å². The van der Waals surface area contributed by atoms with E-state index in [2.05, 4.69) is 4.98 Å². The fourth-order valence-corrected chi connectivity index (χ4v) is 2.81. The lowest BCUT2D eigenvalue weighted by molar-refractivity contribution is -0.141. The maximum Gasteiger partial charge on any atom is 0.308 e. The highest BCUT2D eigenvalue weighted by Crippen LogP contribution is 2.30. The van der Waals surface area contributed by atoms with Crippen LogP contribution in [0.3, 0.4) is 0 Å². The number of carbonyl (C=O) groups is 2. The Morgan fingerprint density at radius 2 is 2.41 bits per heavy atom. The second kappa shape index (κ2) is 4.44. The lowest BCUT2D eigenvalue weighted by Crippen LogP contribution is -2.29. The smallest absolute Gasteiger partial charge is 0.308 e. The molecule has 2 heterocycles. The molecular formula is C11H14N2O3S. The zero-order valence-corrected chi connectivity index (χ0v) is 10.5. The first kappa shape index (κ1) is 12.0. The first-order valence-corrected chi connectivity index (χ1v) is 6.25. The van der Waals surface area contributed by atoms with Gasteiger partial charge >= 0.3 is 5.97 Å². The molecule has 17 heavy (non-hydrogen) atoms. The van der Waals surface area contributed by atoms with Crippen LogP contribution in [0, 0.1) is 12.8 Å². The van der Waals surface area contributed by atoms with Crippen molar-refractivity contribution in [2.45, 2.75) is 26.3 Å². The number of hydrogen-bond donors (Lipinski definition) is 1. The molecule has 6 heteroatoms. The molecule has 1 saturated heterocycles. The maximum absolute atomic E-state index is 11.8. The maximum atomic E-state index is 11.8. The third-order valence-corrected chi connectivity index (χ3v) is 4.05. The summed E-state index contributed by atoms with van der Waals surface area (Å²) in [6.07, 6.45) is 1.87. The molecule has 92 valence electrons. The Morgan fingerprint density at radius 1 is 1.71 bits per heavy atom. The van der Waals surface area contributed by atoms with Crippen molar-refractivity contribution in [3.63, 3.8) is 0 Å². The van der Waals surface area contributed by atoms with Gasteiger partial charge in [0.1, 0.15) is 5.01 Å². The van der Waals surface area contributed by atoms with E-state index in [0.29, 0.717) is 0 Å². The number of rotatable bonds is 3. The number of thiazole rings is 1. The van der Waals surface area contributed by atoms with Crippen molar-refractivity contribution in [2.24, 2.45) is 5.92 Å². The summed E-state index contributed by atoms with van der Waals surface area (Å²) in [5.74, 6) is -1.58. The van der Waals surface area contributed by atoms with E-state index in [0.717, 1.165) is 9.88 Å². The fraction of sp³-hybridized carbons (Fsp3) is 0.545. The Morgan fingerprint density at radius 3 is 2.88 bits per heavy atom. The number of carbonyl (C=O) groups excluding carboxylic acids is 1. The zero-order valence-electron chi connectivity index (χ0n) is 9.71. The molecule has 0 bridgehead atoms. The number of aromatic nitrogens is 1. The van der Waals surface area contributed by atoms with E-state index in [4.69, 9.17) is 5.11 Å². The standard InChI is InChI=1S/C11H14N2O3S/c1-6-4-12-10(17-6)7(2)13-5-8(11(15)16)3-9(13)14/h4,7-8H,3,5H2,1-2H3,(H,15,16). The van der Waals surface area contributed by atoms with Gasteiger partial charge in [0.2, 0.25) is 5.91 Å². The molecular weight excluding hydrogens is 240 g/mol. The molecule has 2 unspecified atom stereocenters. The van der Waals surface area contributed by atoms with Crippen LogP contribution in [-0.2, 0) is 9.59 Å². The topological polar surface area (TPSA) is 70.5 Å². The normalized spacial score (nSPS) is 21.9. The van der Waals surface area contributed by atoms with Gasteiger partial charge in [0.25, 0.3) is 0 Å². The van der Waals surface area contributed by atoms with E-state index < -0.39 is 11.9 Å². The predicted octanol–water partition coefficient (Wildman–Crippen LogP) is 1.45. The Bertz CT molecular complexity index is 457. The molecule has 0 radical (unpaired) electrons. The van der Waals surface area contributed by atoms with E-state index in [9.17, 15) is 9.59 Å². The van der Waals surface area contributed by atoms with Gasteiger partial charge < -0.3 is 10.0 Å². The third kappa shape index (κ3) is 2.31. The minimum absolute atomic E-state index is 0.0993. The lowest BCUT2D eigenvalue weighted by atomic mass is 10.1. The summed E-state index contributed by atoms with van der Waals surface area (Å²) >= 11 is 1.54. The summed E-state index contributed by atoms with van der Waals surface area (Å²) < 4.78 is 0. The van der Waals surface area contributed by atoms with Gasteiger partial charge in [0, 0.05) is 24.0 Å². The molecule has 1 N–H and O–H groups in total. The molecule has 0 spiro atoms. The molecule has 1 aromatic heterocycles. The Kier molecular flexibility index (Phi) is 3.15. The van der Waals surface area contributed by atoms with E-state index >= 15 is 0 Å². The molecule has 1 aliphatic heterocycles. The number of aryl methyl sites for hydroxylation is 1. The number of amides is 1. The highest BCUT2D eigenvalue weighted by atomic mass is 32.1. The van der Waals surface area contributed by atoms with Crippen LogP contribution in [0.4, 0.5) is 0 Å². The molecule has 1 aromatic rings. The van der Waals surface area contributed by atoms with Gasteiger partial charge in [-0.1, -0.05) is 0 Å². The highest BCUT2D eigenvalue weighted by molar-refractivity contribution is 7.11. The fourth-order valence-electron chi connectivity index (χ4n) is 1.97. The lowest BCUT2D eigenvalue weighted by Gasteiger charge is -2.22. The van der Waals surface area contributed by atoms with Crippen LogP contribution < -0.4 is 0 Å². The largest absolute Gasteiger partial charge is 0.481 e. The SMILES string of the molecule is Cc1cnc(C(C)N2CC(C(=O)O)CC2=O)s1. The number of likely N-dealkylation sites (tertiary alicyclic amines) is 1. The van der Waals surface area contributed by atoms with Crippen LogP contribution in [0.25, 0.3) is 0 Å². The number of carboxylic acids is 1.